The number of ketones is 1. The van der Waals surface area contributed by atoms with Crippen LogP contribution in [0.2, 0.25) is 0 Å². The smallest absolute Gasteiger partial charge is 0.307 e. The van der Waals surface area contributed by atoms with Gasteiger partial charge in [0, 0.05) is 12.3 Å². The normalized spacial score (nSPS) is 17.3. The zero-order chi connectivity index (χ0) is 18.8. The van der Waals surface area contributed by atoms with Gasteiger partial charge in [-0.15, -0.1) is 5.73 Å². The number of allylic oxidation sites excluding steroid dienone is 2. The topological polar surface area (TPSA) is 74.6 Å². The Bertz CT molecular complexity index is 696. The second-order valence-corrected chi connectivity index (χ2v) is 6.63. The van der Waals surface area contributed by atoms with Crippen LogP contribution in [0.3, 0.4) is 0 Å². The summed E-state index contributed by atoms with van der Waals surface area (Å²) in [7, 11) is 0. The van der Waals surface area contributed by atoms with E-state index in [1.165, 1.54) is 6.08 Å². The molecule has 0 amide bonds. The Labute approximate surface area is 154 Å². The Balaban J connectivity index is 1.77. The zero-order valence-corrected chi connectivity index (χ0v) is 14.9. The predicted molar refractivity (Wildman–Crippen MR) is 101 cm³/mol. The molecule has 0 bridgehead atoms. The third kappa shape index (κ3) is 6.83. The van der Waals surface area contributed by atoms with Crippen molar-refractivity contribution in [3.63, 3.8) is 0 Å². The largest absolute Gasteiger partial charge is 0.481 e. The van der Waals surface area contributed by atoms with Crippen LogP contribution in [0.15, 0.2) is 59.9 Å². The van der Waals surface area contributed by atoms with E-state index in [-0.39, 0.29) is 18.1 Å². The molecular formula is C22H26O4. The number of aliphatic hydroxyl groups excluding tert-OH is 1. The number of benzene rings is 1. The van der Waals surface area contributed by atoms with Crippen LogP contribution in [0.4, 0.5) is 0 Å². The van der Waals surface area contributed by atoms with Crippen molar-refractivity contribution in [2.24, 2.45) is 5.92 Å². The molecule has 0 spiro atoms. The number of aliphatic carboxylic acids is 1. The highest BCUT2D eigenvalue weighted by Gasteiger charge is 2.26. The van der Waals surface area contributed by atoms with E-state index in [4.69, 9.17) is 5.11 Å². The maximum Gasteiger partial charge on any atom is 0.307 e. The minimum Gasteiger partial charge on any atom is -0.481 e. The van der Waals surface area contributed by atoms with Crippen LogP contribution in [0, 0.1) is 5.92 Å². The van der Waals surface area contributed by atoms with E-state index in [1.54, 1.807) is 6.08 Å². The molecule has 2 N–H and O–H groups in total. The van der Waals surface area contributed by atoms with Crippen LogP contribution in [0.5, 0.6) is 0 Å². The molecule has 0 aliphatic heterocycles. The van der Waals surface area contributed by atoms with Gasteiger partial charge in [0.2, 0.25) is 0 Å². The molecular weight excluding hydrogens is 328 g/mol. The fourth-order valence-corrected chi connectivity index (χ4v) is 3.23. The molecule has 0 radical (unpaired) electrons. The molecule has 0 aromatic heterocycles. The van der Waals surface area contributed by atoms with Gasteiger partial charge in [-0.3, -0.25) is 9.59 Å². The van der Waals surface area contributed by atoms with Crippen molar-refractivity contribution in [3.8, 4) is 0 Å². The molecule has 0 saturated carbocycles. The maximum absolute atomic E-state index is 12.1. The summed E-state index contributed by atoms with van der Waals surface area (Å²) in [5.74, 6) is -0.715. The van der Waals surface area contributed by atoms with Gasteiger partial charge in [0.25, 0.3) is 0 Å². The lowest BCUT2D eigenvalue weighted by Gasteiger charge is -2.15. The molecule has 1 aromatic carbocycles. The van der Waals surface area contributed by atoms with Gasteiger partial charge in [-0.25, -0.2) is 0 Å². The monoisotopic (exact) mass is 354 g/mol. The van der Waals surface area contributed by atoms with Crippen LogP contribution in [0.25, 0.3) is 0 Å². The van der Waals surface area contributed by atoms with Gasteiger partial charge in [-0.2, -0.15) is 0 Å². The van der Waals surface area contributed by atoms with Gasteiger partial charge in [-0.05, 0) is 49.8 Å². The van der Waals surface area contributed by atoms with Gasteiger partial charge in [-0.1, -0.05) is 42.0 Å². The highest BCUT2D eigenvalue weighted by molar-refractivity contribution is 5.88. The van der Waals surface area contributed by atoms with Crippen LogP contribution in [-0.4, -0.2) is 28.1 Å². The first kappa shape index (κ1) is 19.9. The van der Waals surface area contributed by atoms with Crippen molar-refractivity contribution in [3.05, 3.63) is 65.4 Å². The Morgan fingerprint density at radius 3 is 2.77 bits per heavy atom. The van der Waals surface area contributed by atoms with Gasteiger partial charge in [0.15, 0.2) is 0 Å². The SMILES string of the molecule is O=C(O)CC=C=CCC[C@H]1C(=O)CC=C1CCC(O)Cc1ccccc1. The summed E-state index contributed by atoms with van der Waals surface area (Å²) < 4.78 is 0. The van der Waals surface area contributed by atoms with E-state index in [2.05, 4.69) is 5.73 Å². The zero-order valence-electron chi connectivity index (χ0n) is 14.9. The molecule has 26 heavy (non-hydrogen) atoms. The predicted octanol–water partition coefficient (Wildman–Crippen LogP) is 3.85. The van der Waals surface area contributed by atoms with Crippen molar-refractivity contribution >= 4 is 11.8 Å². The van der Waals surface area contributed by atoms with Crippen LogP contribution in [0.1, 0.15) is 44.1 Å². The van der Waals surface area contributed by atoms with E-state index in [0.29, 0.717) is 32.1 Å². The van der Waals surface area contributed by atoms with Crippen molar-refractivity contribution in [1.82, 2.24) is 0 Å². The summed E-state index contributed by atoms with van der Waals surface area (Å²) in [6, 6.07) is 9.91. The average molecular weight is 354 g/mol. The number of hydrogen-bond donors (Lipinski definition) is 2. The average Bonchev–Trinajstić information content (AvgIpc) is 2.97. The standard InChI is InChI=1S/C22H26O4/c23-19(16-17-8-4-3-5-9-17)14-12-18-13-15-21(24)20(18)10-6-1-2-7-11-22(25)26/h1,3-5,7-9,13,19-20,23H,6,10-12,14-16H2,(H,25,26)/t2?,19?,20-/m1/s1. The number of aliphatic hydroxyl groups is 1. The number of carbonyl (C=O) groups is 2. The molecule has 138 valence electrons. The molecule has 1 aromatic rings. The molecule has 0 heterocycles. The number of hydrogen-bond acceptors (Lipinski definition) is 3. The Kier molecular flexibility index (Phi) is 8.07. The summed E-state index contributed by atoms with van der Waals surface area (Å²) in [6.45, 7) is 0. The van der Waals surface area contributed by atoms with E-state index in [1.807, 2.05) is 36.4 Å². The summed E-state index contributed by atoms with van der Waals surface area (Å²) in [5.41, 5.74) is 5.09. The fraction of sp³-hybridized carbons (Fsp3) is 0.409. The molecule has 1 aliphatic rings. The van der Waals surface area contributed by atoms with Crippen molar-refractivity contribution < 1.29 is 19.8 Å². The fourth-order valence-electron chi connectivity index (χ4n) is 3.23. The van der Waals surface area contributed by atoms with E-state index >= 15 is 0 Å². The number of carboxylic acids is 1. The van der Waals surface area contributed by atoms with Crippen molar-refractivity contribution in [2.75, 3.05) is 0 Å². The molecule has 1 unspecified atom stereocenters. The Hall–Kier alpha value is -2.42. The third-order valence-corrected chi connectivity index (χ3v) is 4.59. The number of carboxylic acid groups (broad SMARTS) is 1. The van der Waals surface area contributed by atoms with Gasteiger partial charge < -0.3 is 10.2 Å². The van der Waals surface area contributed by atoms with Crippen LogP contribution < -0.4 is 0 Å². The van der Waals surface area contributed by atoms with Gasteiger partial charge in [0.1, 0.15) is 5.78 Å². The molecule has 4 heteroatoms. The highest BCUT2D eigenvalue weighted by atomic mass is 16.4. The first-order chi connectivity index (χ1) is 12.6. The van der Waals surface area contributed by atoms with Crippen LogP contribution in [-0.2, 0) is 16.0 Å². The van der Waals surface area contributed by atoms with Gasteiger partial charge >= 0.3 is 5.97 Å². The summed E-state index contributed by atoms with van der Waals surface area (Å²) in [6.07, 6.45) is 8.73. The van der Waals surface area contributed by atoms with Crippen LogP contribution >= 0.6 is 0 Å². The summed E-state index contributed by atoms with van der Waals surface area (Å²) in [4.78, 5) is 22.5. The lowest BCUT2D eigenvalue weighted by molar-refractivity contribution is -0.136. The Morgan fingerprint density at radius 1 is 1.27 bits per heavy atom. The second-order valence-electron chi connectivity index (χ2n) is 6.63. The summed E-state index contributed by atoms with van der Waals surface area (Å²) in [5, 5.41) is 18.8. The molecule has 0 fully saturated rings. The van der Waals surface area contributed by atoms with E-state index < -0.39 is 12.1 Å². The number of Topliss-reactive ketones (excluding diaryl/α,β-unsaturated/α-hetero) is 1. The third-order valence-electron chi connectivity index (χ3n) is 4.59. The molecule has 4 nitrogen and oxygen atoms in total. The molecule has 2 rings (SSSR count). The summed E-state index contributed by atoms with van der Waals surface area (Å²) >= 11 is 0. The second kappa shape index (κ2) is 10.5. The van der Waals surface area contributed by atoms with Gasteiger partial charge in [0.05, 0.1) is 12.5 Å². The highest BCUT2D eigenvalue weighted by Crippen LogP contribution is 2.30. The molecule has 2 atom stereocenters. The number of carbonyl (C=O) groups excluding carboxylic acids is 1. The lowest BCUT2D eigenvalue weighted by Crippen LogP contribution is -2.14. The van der Waals surface area contributed by atoms with E-state index in [9.17, 15) is 14.7 Å². The quantitative estimate of drug-likeness (QED) is 0.494. The minimum absolute atomic E-state index is 0.0384. The molecule has 0 saturated heterocycles. The van der Waals surface area contributed by atoms with Crippen molar-refractivity contribution in [2.45, 2.75) is 51.0 Å². The first-order valence-electron chi connectivity index (χ1n) is 9.11. The Morgan fingerprint density at radius 2 is 2.04 bits per heavy atom. The minimum atomic E-state index is -0.879. The first-order valence-corrected chi connectivity index (χ1v) is 9.11. The lowest BCUT2D eigenvalue weighted by atomic mass is 9.90. The molecule has 1 aliphatic carbocycles. The maximum atomic E-state index is 12.1. The number of rotatable bonds is 10. The van der Waals surface area contributed by atoms with E-state index in [0.717, 1.165) is 17.6 Å². The van der Waals surface area contributed by atoms with Crippen molar-refractivity contribution in [1.29, 1.82) is 0 Å².